The average molecular weight is 312 g/mol. The van der Waals surface area contributed by atoms with Gasteiger partial charge in [-0.3, -0.25) is 0 Å². The van der Waals surface area contributed by atoms with E-state index >= 15 is 0 Å². The van der Waals surface area contributed by atoms with E-state index in [0.29, 0.717) is 15.7 Å². The maximum absolute atomic E-state index is 11.2. The molecule has 0 fully saturated rings. The number of carboxylic acid groups (broad SMARTS) is 1. The molecule has 104 valence electrons. The van der Waals surface area contributed by atoms with Gasteiger partial charge in [-0.15, -0.1) is 0 Å². The van der Waals surface area contributed by atoms with Crippen LogP contribution >= 0.6 is 23.2 Å². The molecule has 0 amide bonds. The van der Waals surface area contributed by atoms with Gasteiger partial charge in [0.15, 0.2) is 0 Å². The Morgan fingerprint density at radius 1 is 1.40 bits per heavy atom. The fourth-order valence-corrected chi connectivity index (χ4v) is 2.10. The molecule has 2 aromatic rings. The van der Waals surface area contributed by atoms with Crippen molar-refractivity contribution in [3.8, 4) is 0 Å². The molecule has 0 radical (unpaired) electrons. The third kappa shape index (κ3) is 2.79. The standard InChI is InChI=1S/C13H11Cl2N3O2/c1-6-2-3-9(14)11(10(6)15)18-12-8(13(19)20)4-7(16)5-17-12/h2-5H,16H2,1H3,(H,17,18)(H,19,20). The lowest BCUT2D eigenvalue weighted by Crippen LogP contribution is -2.06. The van der Waals surface area contributed by atoms with Crippen LogP contribution in [0.4, 0.5) is 17.2 Å². The van der Waals surface area contributed by atoms with Gasteiger partial charge < -0.3 is 16.2 Å². The number of aryl methyl sites for hydroxylation is 1. The van der Waals surface area contributed by atoms with Gasteiger partial charge in [0.1, 0.15) is 11.4 Å². The highest BCUT2D eigenvalue weighted by molar-refractivity contribution is 6.39. The molecule has 0 saturated carbocycles. The molecule has 0 saturated heterocycles. The summed E-state index contributed by atoms with van der Waals surface area (Å²) in [5, 5.41) is 12.8. The van der Waals surface area contributed by atoms with Gasteiger partial charge in [0, 0.05) is 0 Å². The van der Waals surface area contributed by atoms with Crippen LogP contribution in [0.2, 0.25) is 10.0 Å². The molecule has 0 aliphatic carbocycles. The highest BCUT2D eigenvalue weighted by Gasteiger charge is 2.15. The molecular weight excluding hydrogens is 301 g/mol. The molecule has 1 heterocycles. The van der Waals surface area contributed by atoms with Crippen LogP contribution < -0.4 is 11.1 Å². The number of nitrogens with zero attached hydrogens (tertiary/aromatic N) is 1. The Morgan fingerprint density at radius 3 is 2.75 bits per heavy atom. The Bertz CT molecular complexity index is 690. The van der Waals surface area contributed by atoms with E-state index in [9.17, 15) is 4.79 Å². The second-order valence-electron chi connectivity index (χ2n) is 4.15. The molecular formula is C13H11Cl2N3O2. The number of hydrogen-bond donors (Lipinski definition) is 3. The number of hydrogen-bond acceptors (Lipinski definition) is 4. The summed E-state index contributed by atoms with van der Waals surface area (Å²) in [5.74, 6) is -1.02. The van der Waals surface area contributed by atoms with Crippen molar-refractivity contribution >= 4 is 46.4 Å². The predicted octanol–water partition coefficient (Wildman–Crippen LogP) is 3.72. The van der Waals surface area contributed by atoms with Crippen molar-refractivity contribution in [3.05, 3.63) is 45.6 Å². The van der Waals surface area contributed by atoms with Crippen LogP contribution in [0.5, 0.6) is 0 Å². The number of anilines is 3. The molecule has 1 aromatic heterocycles. The van der Waals surface area contributed by atoms with Gasteiger partial charge in [-0.05, 0) is 24.6 Å². The van der Waals surface area contributed by atoms with Crippen LogP contribution in [0.15, 0.2) is 24.4 Å². The monoisotopic (exact) mass is 311 g/mol. The van der Waals surface area contributed by atoms with E-state index in [0.717, 1.165) is 5.56 Å². The highest BCUT2D eigenvalue weighted by Crippen LogP contribution is 2.35. The van der Waals surface area contributed by atoms with Gasteiger partial charge in [0.25, 0.3) is 0 Å². The van der Waals surface area contributed by atoms with Gasteiger partial charge in [-0.1, -0.05) is 29.3 Å². The van der Waals surface area contributed by atoms with Crippen LogP contribution in [0.25, 0.3) is 0 Å². The summed E-state index contributed by atoms with van der Waals surface area (Å²) >= 11 is 12.2. The molecule has 0 aliphatic rings. The largest absolute Gasteiger partial charge is 0.478 e. The minimum atomic E-state index is -1.15. The second-order valence-corrected chi connectivity index (χ2v) is 4.93. The van der Waals surface area contributed by atoms with E-state index in [-0.39, 0.29) is 17.1 Å². The molecule has 0 aliphatic heterocycles. The number of carboxylic acids is 1. The molecule has 0 bridgehead atoms. The lowest BCUT2D eigenvalue weighted by atomic mass is 10.2. The van der Waals surface area contributed by atoms with Gasteiger partial charge >= 0.3 is 5.97 Å². The quantitative estimate of drug-likeness (QED) is 0.804. The van der Waals surface area contributed by atoms with Crippen molar-refractivity contribution in [2.75, 3.05) is 11.1 Å². The number of pyridine rings is 1. The fraction of sp³-hybridized carbons (Fsp3) is 0.0769. The lowest BCUT2D eigenvalue weighted by Gasteiger charge is -2.13. The Kier molecular flexibility index (Phi) is 4.01. The summed E-state index contributed by atoms with van der Waals surface area (Å²) in [6.45, 7) is 1.82. The Labute approximate surface area is 125 Å². The topological polar surface area (TPSA) is 88.2 Å². The van der Waals surface area contributed by atoms with Crippen molar-refractivity contribution in [1.82, 2.24) is 4.98 Å². The number of halogens is 2. The van der Waals surface area contributed by atoms with E-state index in [1.165, 1.54) is 12.3 Å². The molecule has 2 rings (SSSR count). The summed E-state index contributed by atoms with van der Waals surface area (Å²) in [7, 11) is 0. The number of nitrogen functional groups attached to an aromatic ring is 1. The molecule has 5 nitrogen and oxygen atoms in total. The van der Waals surface area contributed by atoms with Gasteiger partial charge in [0.05, 0.1) is 27.6 Å². The van der Waals surface area contributed by atoms with Gasteiger partial charge in [0.2, 0.25) is 0 Å². The SMILES string of the molecule is Cc1ccc(Cl)c(Nc2ncc(N)cc2C(=O)O)c1Cl. The number of nitrogens with one attached hydrogen (secondary N) is 1. The Hall–Kier alpha value is -1.98. The van der Waals surface area contributed by atoms with Crippen LogP contribution in [0, 0.1) is 6.92 Å². The number of benzene rings is 1. The number of aromatic nitrogens is 1. The van der Waals surface area contributed by atoms with E-state index in [4.69, 9.17) is 34.0 Å². The first kappa shape index (κ1) is 14.4. The van der Waals surface area contributed by atoms with Crippen molar-refractivity contribution < 1.29 is 9.90 Å². The van der Waals surface area contributed by atoms with Gasteiger partial charge in [-0.25, -0.2) is 9.78 Å². The summed E-state index contributed by atoms with van der Waals surface area (Å²) in [6.07, 6.45) is 1.35. The second kappa shape index (κ2) is 5.56. The Morgan fingerprint density at radius 2 is 2.10 bits per heavy atom. The smallest absolute Gasteiger partial charge is 0.339 e. The molecule has 0 unspecified atom stereocenters. The molecule has 7 heteroatoms. The molecule has 0 spiro atoms. The van der Waals surface area contributed by atoms with E-state index in [1.54, 1.807) is 12.1 Å². The molecule has 4 N–H and O–H groups in total. The van der Waals surface area contributed by atoms with E-state index in [1.807, 2.05) is 6.92 Å². The number of nitrogens with two attached hydrogens (primary N) is 1. The first-order valence-corrected chi connectivity index (χ1v) is 6.36. The Balaban J connectivity index is 2.51. The third-order valence-corrected chi connectivity index (χ3v) is 3.47. The van der Waals surface area contributed by atoms with Crippen molar-refractivity contribution in [1.29, 1.82) is 0 Å². The third-order valence-electron chi connectivity index (χ3n) is 2.67. The first-order chi connectivity index (χ1) is 9.40. The van der Waals surface area contributed by atoms with Gasteiger partial charge in [-0.2, -0.15) is 0 Å². The minimum Gasteiger partial charge on any atom is -0.478 e. The summed E-state index contributed by atoms with van der Waals surface area (Å²) in [5.41, 5.74) is 6.96. The van der Waals surface area contributed by atoms with Crippen LogP contribution in [0.3, 0.4) is 0 Å². The lowest BCUT2D eigenvalue weighted by molar-refractivity contribution is 0.0697. The highest BCUT2D eigenvalue weighted by atomic mass is 35.5. The van der Waals surface area contributed by atoms with Crippen LogP contribution in [-0.4, -0.2) is 16.1 Å². The van der Waals surface area contributed by atoms with Crippen molar-refractivity contribution in [2.45, 2.75) is 6.92 Å². The summed E-state index contributed by atoms with van der Waals surface area (Å²) in [6, 6.07) is 4.75. The van der Waals surface area contributed by atoms with E-state index in [2.05, 4.69) is 10.3 Å². The molecule has 0 atom stereocenters. The number of carbonyl (C=O) groups is 1. The molecule has 20 heavy (non-hydrogen) atoms. The van der Waals surface area contributed by atoms with Crippen molar-refractivity contribution in [3.63, 3.8) is 0 Å². The van der Waals surface area contributed by atoms with Crippen LogP contribution in [-0.2, 0) is 0 Å². The number of aromatic carboxylic acids is 1. The first-order valence-electron chi connectivity index (χ1n) is 5.60. The zero-order chi connectivity index (χ0) is 14.9. The number of rotatable bonds is 3. The van der Waals surface area contributed by atoms with E-state index < -0.39 is 5.97 Å². The van der Waals surface area contributed by atoms with Crippen LogP contribution in [0.1, 0.15) is 15.9 Å². The summed E-state index contributed by atoms with van der Waals surface area (Å²) in [4.78, 5) is 15.2. The average Bonchev–Trinajstić information content (AvgIpc) is 2.40. The predicted molar refractivity (Wildman–Crippen MR) is 80.1 cm³/mol. The van der Waals surface area contributed by atoms with Crippen molar-refractivity contribution in [2.24, 2.45) is 0 Å². The zero-order valence-electron chi connectivity index (χ0n) is 10.4. The maximum Gasteiger partial charge on any atom is 0.339 e. The normalized spacial score (nSPS) is 10.3. The fourth-order valence-electron chi connectivity index (χ4n) is 1.63. The molecule has 1 aromatic carbocycles. The maximum atomic E-state index is 11.2. The minimum absolute atomic E-state index is 0.0568. The summed E-state index contributed by atoms with van der Waals surface area (Å²) < 4.78 is 0. The zero-order valence-corrected chi connectivity index (χ0v) is 12.0.